The predicted octanol–water partition coefficient (Wildman–Crippen LogP) is 3.12. The number of thiol groups is 1. The van der Waals surface area contributed by atoms with Gasteiger partial charge in [0.05, 0.1) is 13.2 Å². The first-order valence-electron chi connectivity index (χ1n) is 9.04. The number of carbonyl (C=O) groups excluding carboxylic acids is 1. The number of anilines is 3. The fourth-order valence-electron chi connectivity index (χ4n) is 3.66. The number of halogens is 1. The summed E-state index contributed by atoms with van der Waals surface area (Å²) >= 11 is 4.67. The second kappa shape index (κ2) is 7.40. The van der Waals surface area contributed by atoms with Crippen molar-refractivity contribution in [3.05, 3.63) is 54.3 Å². The molecule has 0 bridgehead atoms. The quantitative estimate of drug-likeness (QED) is 0.821. The molecule has 4 rings (SSSR count). The molecule has 2 aromatic carbocycles. The topological polar surface area (TPSA) is 36.0 Å². The monoisotopic (exact) mass is 387 g/mol. The van der Waals surface area contributed by atoms with Crippen molar-refractivity contribution in [2.75, 3.05) is 41.0 Å². The third-order valence-corrected chi connectivity index (χ3v) is 5.58. The maximum Gasteiger partial charge on any atom is 0.251 e. The van der Waals surface area contributed by atoms with E-state index in [-0.39, 0.29) is 17.8 Å². The smallest absolute Gasteiger partial charge is 0.251 e. The first kappa shape index (κ1) is 18.1. The summed E-state index contributed by atoms with van der Waals surface area (Å²) in [6, 6.07) is 13.8. The SMILES string of the molecule is CC1C(=O)N(c2cccc(F)c2)C(S)N1c1ccc(N2CCOCC2)cc1. The minimum Gasteiger partial charge on any atom is -0.378 e. The van der Waals surface area contributed by atoms with Gasteiger partial charge in [0, 0.05) is 30.2 Å². The van der Waals surface area contributed by atoms with Gasteiger partial charge in [-0.3, -0.25) is 9.69 Å². The van der Waals surface area contributed by atoms with E-state index >= 15 is 0 Å². The third-order valence-electron chi connectivity index (χ3n) is 5.10. The second-order valence-electron chi connectivity index (χ2n) is 6.73. The van der Waals surface area contributed by atoms with Crippen molar-refractivity contribution in [2.24, 2.45) is 0 Å². The Bertz CT molecular complexity index is 826. The Labute approximate surface area is 163 Å². The zero-order valence-electron chi connectivity index (χ0n) is 15.1. The van der Waals surface area contributed by atoms with Gasteiger partial charge in [-0.05, 0) is 49.4 Å². The molecule has 0 saturated carbocycles. The van der Waals surface area contributed by atoms with Gasteiger partial charge < -0.3 is 14.5 Å². The Hall–Kier alpha value is -2.25. The van der Waals surface area contributed by atoms with E-state index in [1.807, 2.05) is 24.0 Å². The van der Waals surface area contributed by atoms with Gasteiger partial charge >= 0.3 is 0 Å². The van der Waals surface area contributed by atoms with Crippen molar-refractivity contribution in [1.82, 2.24) is 0 Å². The Morgan fingerprint density at radius 3 is 2.37 bits per heavy atom. The van der Waals surface area contributed by atoms with Crippen LogP contribution in [0.4, 0.5) is 21.5 Å². The predicted molar refractivity (Wildman–Crippen MR) is 108 cm³/mol. The minimum absolute atomic E-state index is 0.0992. The van der Waals surface area contributed by atoms with E-state index in [1.54, 1.807) is 12.1 Å². The molecule has 2 aliphatic heterocycles. The molecule has 2 heterocycles. The average molecular weight is 387 g/mol. The molecule has 0 radical (unpaired) electrons. The molecule has 142 valence electrons. The van der Waals surface area contributed by atoms with E-state index in [9.17, 15) is 9.18 Å². The van der Waals surface area contributed by atoms with E-state index in [0.717, 1.165) is 37.7 Å². The number of hydrogen-bond donors (Lipinski definition) is 1. The van der Waals surface area contributed by atoms with Crippen LogP contribution in [0.1, 0.15) is 6.92 Å². The van der Waals surface area contributed by atoms with Gasteiger partial charge in [0.25, 0.3) is 5.91 Å². The van der Waals surface area contributed by atoms with E-state index in [1.165, 1.54) is 17.0 Å². The van der Waals surface area contributed by atoms with Crippen molar-refractivity contribution < 1.29 is 13.9 Å². The zero-order valence-corrected chi connectivity index (χ0v) is 16.0. The average Bonchev–Trinajstić information content (AvgIpc) is 2.91. The van der Waals surface area contributed by atoms with E-state index in [2.05, 4.69) is 29.7 Å². The molecule has 5 nitrogen and oxygen atoms in total. The van der Waals surface area contributed by atoms with Crippen LogP contribution in [0.25, 0.3) is 0 Å². The number of morpholine rings is 1. The summed E-state index contributed by atoms with van der Waals surface area (Å²) in [5.41, 5.74) is 2.06. The third kappa shape index (κ3) is 3.37. The lowest BCUT2D eigenvalue weighted by Crippen LogP contribution is -2.37. The van der Waals surface area contributed by atoms with Crippen LogP contribution in [0.2, 0.25) is 0 Å². The second-order valence-corrected chi connectivity index (χ2v) is 7.20. The minimum atomic E-state index is -0.497. The van der Waals surface area contributed by atoms with Gasteiger partial charge in [0.2, 0.25) is 0 Å². The lowest BCUT2D eigenvalue weighted by atomic mass is 10.2. The van der Waals surface area contributed by atoms with Gasteiger partial charge in [-0.15, -0.1) is 12.6 Å². The molecule has 2 aromatic rings. The molecule has 2 aliphatic rings. The number of hydrogen-bond acceptors (Lipinski definition) is 5. The summed E-state index contributed by atoms with van der Waals surface area (Å²) in [4.78, 5) is 18.6. The van der Waals surface area contributed by atoms with Gasteiger partial charge in [0.15, 0.2) is 5.50 Å². The van der Waals surface area contributed by atoms with E-state index in [0.29, 0.717) is 5.69 Å². The molecule has 2 unspecified atom stereocenters. The van der Waals surface area contributed by atoms with Crippen molar-refractivity contribution in [3.8, 4) is 0 Å². The molecule has 2 atom stereocenters. The molecule has 2 saturated heterocycles. The van der Waals surface area contributed by atoms with Crippen molar-refractivity contribution >= 4 is 35.6 Å². The van der Waals surface area contributed by atoms with Crippen LogP contribution >= 0.6 is 12.6 Å². The summed E-state index contributed by atoms with van der Waals surface area (Å²) in [6.07, 6.45) is 0. The van der Waals surface area contributed by atoms with Crippen LogP contribution in [-0.2, 0) is 9.53 Å². The number of ether oxygens (including phenoxy) is 1. The highest BCUT2D eigenvalue weighted by molar-refractivity contribution is 7.81. The van der Waals surface area contributed by atoms with Crippen LogP contribution in [0.5, 0.6) is 0 Å². The summed E-state index contributed by atoms with van der Waals surface area (Å²) in [5, 5.41) is 0. The van der Waals surface area contributed by atoms with Gasteiger partial charge in [-0.2, -0.15) is 0 Å². The zero-order chi connectivity index (χ0) is 19.0. The molecule has 0 spiro atoms. The van der Waals surface area contributed by atoms with Crippen molar-refractivity contribution in [3.63, 3.8) is 0 Å². The standard InChI is InChI=1S/C20H22FN3O2S/c1-14-19(25)24(18-4-2-3-15(21)13-18)20(27)23(14)17-7-5-16(6-8-17)22-9-11-26-12-10-22/h2-8,13-14,20,27H,9-12H2,1H3. The summed E-state index contributed by atoms with van der Waals surface area (Å²) < 4.78 is 19.0. The Kier molecular flexibility index (Phi) is 4.97. The summed E-state index contributed by atoms with van der Waals surface area (Å²) in [5.74, 6) is -0.473. The molecule has 0 aliphatic carbocycles. The van der Waals surface area contributed by atoms with Gasteiger partial charge in [0.1, 0.15) is 11.9 Å². The number of amides is 1. The number of carbonyl (C=O) groups is 1. The summed E-state index contributed by atoms with van der Waals surface area (Å²) in [6.45, 7) is 5.07. The van der Waals surface area contributed by atoms with Crippen LogP contribution in [0.15, 0.2) is 48.5 Å². The molecule has 1 amide bonds. The molecule has 2 fully saturated rings. The molecule has 7 heteroatoms. The lowest BCUT2D eigenvalue weighted by molar-refractivity contribution is -0.117. The van der Waals surface area contributed by atoms with Crippen LogP contribution < -0.4 is 14.7 Å². The number of nitrogens with zero attached hydrogens (tertiary/aromatic N) is 3. The van der Waals surface area contributed by atoms with Gasteiger partial charge in [-0.25, -0.2) is 4.39 Å². The summed E-state index contributed by atoms with van der Waals surface area (Å²) in [7, 11) is 0. The van der Waals surface area contributed by atoms with E-state index in [4.69, 9.17) is 4.74 Å². The van der Waals surface area contributed by atoms with Crippen LogP contribution in [0, 0.1) is 5.82 Å². The maximum atomic E-state index is 13.6. The highest BCUT2D eigenvalue weighted by atomic mass is 32.1. The molecular weight excluding hydrogens is 365 g/mol. The largest absolute Gasteiger partial charge is 0.378 e. The van der Waals surface area contributed by atoms with E-state index < -0.39 is 5.50 Å². The molecular formula is C20H22FN3O2S. The normalized spacial score (nSPS) is 23.2. The lowest BCUT2D eigenvalue weighted by Gasteiger charge is -2.31. The van der Waals surface area contributed by atoms with Crippen LogP contribution in [0.3, 0.4) is 0 Å². The highest BCUT2D eigenvalue weighted by Gasteiger charge is 2.42. The van der Waals surface area contributed by atoms with Crippen molar-refractivity contribution in [2.45, 2.75) is 18.5 Å². The number of rotatable bonds is 3. The first-order valence-corrected chi connectivity index (χ1v) is 9.56. The fraction of sp³-hybridized carbons (Fsp3) is 0.350. The highest BCUT2D eigenvalue weighted by Crippen LogP contribution is 2.35. The van der Waals surface area contributed by atoms with Crippen molar-refractivity contribution in [1.29, 1.82) is 0 Å². The Balaban J connectivity index is 1.58. The molecule has 0 aromatic heterocycles. The molecule has 0 N–H and O–H groups in total. The Morgan fingerprint density at radius 2 is 1.70 bits per heavy atom. The molecule has 27 heavy (non-hydrogen) atoms. The fourth-order valence-corrected chi connectivity index (χ4v) is 4.24. The Morgan fingerprint density at radius 1 is 1.04 bits per heavy atom. The van der Waals surface area contributed by atoms with Gasteiger partial charge in [-0.1, -0.05) is 6.07 Å². The maximum absolute atomic E-state index is 13.6. The number of benzene rings is 2. The first-order chi connectivity index (χ1) is 13.1. The van der Waals surface area contributed by atoms with Crippen LogP contribution in [-0.4, -0.2) is 43.8 Å².